The number of halogens is 1. The van der Waals surface area contributed by atoms with Crippen LogP contribution in [-0.4, -0.2) is 14.5 Å². The van der Waals surface area contributed by atoms with Gasteiger partial charge in [0.15, 0.2) is 0 Å². The Morgan fingerprint density at radius 1 is 1.26 bits per heavy atom. The zero-order valence-electron chi connectivity index (χ0n) is 15.1. The van der Waals surface area contributed by atoms with E-state index in [4.69, 9.17) is 10.5 Å². The molecule has 6 nitrogen and oxygen atoms in total. The summed E-state index contributed by atoms with van der Waals surface area (Å²) < 4.78 is 15.7. The van der Waals surface area contributed by atoms with Gasteiger partial charge in [0.1, 0.15) is 16.7 Å². The summed E-state index contributed by atoms with van der Waals surface area (Å²) in [5.41, 5.74) is 10.7. The monoisotopic (exact) mass is 382 g/mol. The predicted molar refractivity (Wildman–Crippen MR) is 103 cm³/mol. The highest BCUT2D eigenvalue weighted by atomic mass is 32.2. The summed E-state index contributed by atoms with van der Waals surface area (Å²) in [7, 11) is 0. The van der Waals surface area contributed by atoms with Gasteiger partial charge in [0.25, 0.3) is 0 Å². The smallest absolute Gasteiger partial charge is 0.124 e. The van der Waals surface area contributed by atoms with Crippen molar-refractivity contribution in [2.75, 3.05) is 0 Å². The first-order valence-corrected chi connectivity index (χ1v) is 9.32. The molecule has 0 bridgehead atoms. The van der Waals surface area contributed by atoms with Crippen LogP contribution in [0.3, 0.4) is 0 Å². The normalized spacial score (nSPS) is 10.8. The lowest BCUT2D eigenvalue weighted by atomic mass is 10.1. The van der Waals surface area contributed by atoms with Crippen molar-refractivity contribution in [1.29, 1.82) is 0 Å². The van der Waals surface area contributed by atoms with Gasteiger partial charge in [-0.25, -0.2) is 9.37 Å². The lowest BCUT2D eigenvalue weighted by molar-refractivity contribution is 0.624. The van der Waals surface area contributed by atoms with E-state index in [1.807, 2.05) is 22.8 Å². The first-order chi connectivity index (χ1) is 13.1. The molecule has 0 spiro atoms. The van der Waals surface area contributed by atoms with Crippen LogP contribution in [0.4, 0.5) is 4.39 Å². The second-order valence-electron chi connectivity index (χ2n) is 6.26. The van der Waals surface area contributed by atoms with Crippen molar-refractivity contribution < 1.29 is 4.39 Å². The number of hydrogen-bond donors (Lipinski definition) is 0. The lowest BCUT2D eigenvalue weighted by Crippen LogP contribution is -2.06. The zero-order valence-corrected chi connectivity index (χ0v) is 15.9. The molecule has 27 heavy (non-hydrogen) atoms. The summed E-state index contributed by atoms with van der Waals surface area (Å²) in [6, 6.07) is 10.4. The van der Waals surface area contributed by atoms with Crippen LogP contribution in [0.25, 0.3) is 10.4 Å². The second kappa shape index (κ2) is 8.70. The molecule has 3 rings (SSSR count). The Morgan fingerprint density at radius 3 is 2.70 bits per heavy atom. The molecule has 8 heteroatoms. The van der Waals surface area contributed by atoms with Crippen molar-refractivity contribution in [2.24, 2.45) is 5.11 Å². The Hall–Kier alpha value is -2.83. The van der Waals surface area contributed by atoms with E-state index in [0.717, 1.165) is 21.2 Å². The quantitative estimate of drug-likeness (QED) is 0.305. The molecule has 1 aromatic carbocycles. The van der Waals surface area contributed by atoms with Gasteiger partial charge in [-0.1, -0.05) is 36.8 Å². The van der Waals surface area contributed by atoms with Crippen LogP contribution in [0.2, 0.25) is 0 Å². The van der Waals surface area contributed by atoms with E-state index in [1.54, 1.807) is 18.5 Å². The Balaban J connectivity index is 2.09. The molecular weight excluding hydrogens is 363 g/mol. The molecule has 0 N–H and O–H groups in total. The topological polar surface area (TPSA) is 79.5 Å². The van der Waals surface area contributed by atoms with E-state index >= 15 is 0 Å². The van der Waals surface area contributed by atoms with E-state index < -0.39 is 0 Å². The van der Waals surface area contributed by atoms with Crippen LogP contribution in [0.1, 0.15) is 36.8 Å². The molecule has 0 unspecified atom stereocenters. The minimum absolute atomic E-state index is 0.158. The zero-order chi connectivity index (χ0) is 19.2. The number of rotatable bonds is 7. The third-order valence-corrected chi connectivity index (χ3v) is 5.06. The van der Waals surface area contributed by atoms with Crippen molar-refractivity contribution in [1.82, 2.24) is 14.5 Å². The molecule has 138 valence electrons. The van der Waals surface area contributed by atoms with Gasteiger partial charge in [0.05, 0.1) is 12.2 Å². The summed E-state index contributed by atoms with van der Waals surface area (Å²) >= 11 is 1.47. The Bertz CT molecular complexity index is 964. The Kier molecular flexibility index (Phi) is 6.11. The summed E-state index contributed by atoms with van der Waals surface area (Å²) in [6.07, 6.45) is 3.48. The fraction of sp³-hybridized carbons (Fsp3) is 0.263. The van der Waals surface area contributed by atoms with E-state index in [9.17, 15) is 4.39 Å². The largest absolute Gasteiger partial charge is 0.318 e. The van der Waals surface area contributed by atoms with Gasteiger partial charge in [-0.15, -0.1) is 0 Å². The highest BCUT2D eigenvalue weighted by Crippen LogP contribution is 2.35. The number of imidazole rings is 1. The molecule has 0 aliphatic rings. The van der Waals surface area contributed by atoms with Gasteiger partial charge in [0, 0.05) is 28.7 Å². The van der Waals surface area contributed by atoms with Crippen molar-refractivity contribution in [3.8, 4) is 0 Å². The van der Waals surface area contributed by atoms with Crippen molar-refractivity contribution >= 4 is 11.8 Å². The van der Waals surface area contributed by atoms with Crippen molar-refractivity contribution in [3.63, 3.8) is 0 Å². The maximum Gasteiger partial charge on any atom is 0.124 e. The minimum Gasteiger partial charge on any atom is -0.318 e. The van der Waals surface area contributed by atoms with Gasteiger partial charge < -0.3 is 4.57 Å². The predicted octanol–water partition coefficient (Wildman–Crippen LogP) is 5.55. The molecule has 0 atom stereocenters. The number of hydrogen-bond acceptors (Lipinski definition) is 4. The van der Waals surface area contributed by atoms with E-state index in [1.165, 1.54) is 23.9 Å². The second-order valence-corrected chi connectivity index (χ2v) is 7.33. The molecule has 0 saturated carbocycles. The molecule has 0 radical (unpaired) electrons. The van der Waals surface area contributed by atoms with E-state index in [0.29, 0.717) is 12.4 Å². The Labute approximate surface area is 161 Å². The van der Waals surface area contributed by atoms with Crippen LogP contribution in [0.15, 0.2) is 63.8 Å². The molecule has 2 aromatic heterocycles. The number of azide groups is 1. The van der Waals surface area contributed by atoms with Gasteiger partial charge >= 0.3 is 0 Å². The van der Waals surface area contributed by atoms with Crippen molar-refractivity contribution in [3.05, 3.63) is 82.1 Å². The lowest BCUT2D eigenvalue weighted by Gasteiger charge is -2.13. The molecule has 0 aliphatic heterocycles. The molecular formula is C19H19FN6S. The molecule has 0 aliphatic carbocycles. The maximum atomic E-state index is 13.7. The molecule has 0 saturated heterocycles. The maximum absolute atomic E-state index is 13.7. The summed E-state index contributed by atoms with van der Waals surface area (Å²) in [4.78, 5) is 12.4. The number of benzene rings is 1. The van der Waals surface area contributed by atoms with Gasteiger partial charge in [-0.2, -0.15) is 0 Å². The third kappa shape index (κ3) is 4.67. The highest BCUT2D eigenvalue weighted by Gasteiger charge is 2.20. The standard InChI is InChI=1S/C19H19FN6S/c1-13(2)18-19(27-16-5-3-4-15(20)10-16)26(17(24-18)11-23-25-21)12-14-6-8-22-9-7-14/h3-10,13H,11-12H2,1-2H3. The van der Waals surface area contributed by atoms with Crippen LogP contribution in [0, 0.1) is 5.82 Å². The van der Waals surface area contributed by atoms with E-state index in [2.05, 4.69) is 28.9 Å². The molecule has 0 amide bonds. The average molecular weight is 382 g/mol. The van der Waals surface area contributed by atoms with Crippen molar-refractivity contribution in [2.45, 2.75) is 42.8 Å². The summed E-state index contributed by atoms with van der Waals surface area (Å²) in [5.74, 6) is 0.581. The first kappa shape index (κ1) is 18.9. The third-order valence-electron chi connectivity index (χ3n) is 3.95. The van der Waals surface area contributed by atoms with Gasteiger partial charge in [0.2, 0.25) is 0 Å². The average Bonchev–Trinajstić information content (AvgIpc) is 2.98. The fourth-order valence-corrected chi connectivity index (χ4v) is 3.89. The summed E-state index contributed by atoms with van der Waals surface area (Å²) in [6.45, 7) is 4.85. The minimum atomic E-state index is -0.277. The fourth-order valence-electron chi connectivity index (χ4n) is 2.68. The highest BCUT2D eigenvalue weighted by molar-refractivity contribution is 7.99. The van der Waals surface area contributed by atoms with Gasteiger partial charge in [-0.05, 0) is 47.3 Å². The number of nitrogens with zero attached hydrogens (tertiary/aromatic N) is 6. The SMILES string of the molecule is CC(C)c1nc(CN=[N+]=[N-])n(Cc2ccncc2)c1Sc1cccc(F)c1. The Morgan fingerprint density at radius 2 is 2.04 bits per heavy atom. The van der Waals surface area contributed by atoms with Crippen LogP contribution in [0.5, 0.6) is 0 Å². The first-order valence-electron chi connectivity index (χ1n) is 8.51. The van der Waals surface area contributed by atoms with Gasteiger partial charge in [-0.3, -0.25) is 4.98 Å². The summed E-state index contributed by atoms with van der Waals surface area (Å²) in [5, 5.41) is 4.62. The van der Waals surface area contributed by atoms with Crippen LogP contribution >= 0.6 is 11.8 Å². The number of aromatic nitrogens is 3. The van der Waals surface area contributed by atoms with Crippen LogP contribution < -0.4 is 0 Å². The van der Waals surface area contributed by atoms with E-state index in [-0.39, 0.29) is 18.3 Å². The molecule has 2 heterocycles. The van der Waals surface area contributed by atoms with Crippen LogP contribution in [-0.2, 0) is 13.1 Å². The number of pyridine rings is 1. The molecule has 0 fully saturated rings. The molecule has 3 aromatic rings.